The highest BCUT2D eigenvalue weighted by Gasteiger charge is 2.62. The van der Waals surface area contributed by atoms with Crippen molar-refractivity contribution in [3.63, 3.8) is 0 Å². The number of hydrogen-bond donors (Lipinski definition) is 3. The monoisotopic (exact) mass is 647 g/mol. The summed E-state index contributed by atoms with van der Waals surface area (Å²) in [5.41, 5.74) is 0.857. The van der Waals surface area contributed by atoms with Crippen LogP contribution in [-0.4, -0.2) is 102 Å². The minimum absolute atomic E-state index is 0.000785. The van der Waals surface area contributed by atoms with Gasteiger partial charge >= 0.3 is 0 Å². The van der Waals surface area contributed by atoms with Gasteiger partial charge in [0.25, 0.3) is 5.91 Å². The fourth-order valence-electron chi connectivity index (χ4n) is 7.57. The highest BCUT2D eigenvalue weighted by atomic mass is 16.5. The van der Waals surface area contributed by atoms with Crippen molar-refractivity contribution >= 4 is 23.6 Å². The second-order valence-electron chi connectivity index (χ2n) is 14.8. The number of carbonyl (C=O) groups is 4. The van der Waals surface area contributed by atoms with Crippen molar-refractivity contribution in [1.82, 2.24) is 35.5 Å². The van der Waals surface area contributed by atoms with Crippen molar-refractivity contribution < 1.29 is 23.9 Å². The van der Waals surface area contributed by atoms with Crippen LogP contribution in [0.2, 0.25) is 0 Å². The molecule has 12 nitrogen and oxygen atoms in total. The Balaban J connectivity index is 1.16. The third-order valence-corrected chi connectivity index (χ3v) is 10.8. The molecule has 4 fully saturated rings. The summed E-state index contributed by atoms with van der Waals surface area (Å²) in [5.74, 6) is -0.810. The van der Waals surface area contributed by atoms with Gasteiger partial charge in [-0.25, -0.2) is 0 Å². The van der Waals surface area contributed by atoms with Crippen molar-refractivity contribution in [1.29, 1.82) is 0 Å². The third-order valence-electron chi connectivity index (χ3n) is 10.8. The number of aromatic nitrogens is 2. The molecular formula is C35H49N7O5. The lowest BCUT2D eigenvalue weighted by Crippen LogP contribution is -2.65. The van der Waals surface area contributed by atoms with Gasteiger partial charge in [-0.3, -0.25) is 23.9 Å². The number of amides is 4. The molecule has 254 valence electrons. The summed E-state index contributed by atoms with van der Waals surface area (Å²) in [6, 6.07) is 8.72. The number of ether oxygens (including phenoxy) is 1. The first-order valence-electron chi connectivity index (χ1n) is 17.0. The van der Waals surface area contributed by atoms with E-state index in [9.17, 15) is 19.2 Å². The van der Waals surface area contributed by atoms with Crippen molar-refractivity contribution in [2.75, 3.05) is 46.3 Å². The molecule has 1 aromatic heterocycles. The molecule has 1 saturated carbocycles. The van der Waals surface area contributed by atoms with Crippen LogP contribution in [0.25, 0.3) is 0 Å². The van der Waals surface area contributed by atoms with E-state index in [0.717, 1.165) is 44.5 Å². The maximum absolute atomic E-state index is 14.1. The van der Waals surface area contributed by atoms with Crippen molar-refractivity contribution in [3.8, 4) is 0 Å². The Morgan fingerprint density at radius 3 is 2.38 bits per heavy atom. The van der Waals surface area contributed by atoms with Gasteiger partial charge in [0.1, 0.15) is 6.04 Å². The molecular weight excluding hydrogens is 598 g/mol. The van der Waals surface area contributed by atoms with E-state index < -0.39 is 23.5 Å². The Bertz CT molecular complexity index is 1460. The number of benzene rings is 1. The molecule has 4 amide bonds. The lowest BCUT2D eigenvalue weighted by atomic mass is 9.70. The highest BCUT2D eigenvalue weighted by molar-refractivity contribution is 5.95. The second-order valence-corrected chi connectivity index (χ2v) is 14.8. The zero-order valence-corrected chi connectivity index (χ0v) is 28.0. The summed E-state index contributed by atoms with van der Waals surface area (Å²) >= 11 is 0. The zero-order chi connectivity index (χ0) is 33.3. The van der Waals surface area contributed by atoms with E-state index in [1.54, 1.807) is 18.0 Å². The molecule has 3 aliphatic heterocycles. The lowest BCUT2D eigenvalue weighted by molar-refractivity contribution is -0.152. The number of nitrogens with zero attached hydrogens (tertiary/aromatic N) is 4. The standard InChI is InChI=1S/C35H49N7O5/c1-23(47-19-25-8-6-5-7-9-25)29(31(44)36-4)39-30(43)28-18-40(20-35(28)21-41(22-35)33(46)27-14-34(27,2)3)32(45)26-15-38-42(17-26)16-24-10-12-37-13-11-24/h5-9,15,17,23-24,27-29,37H,10-14,16,18-22H2,1-4H3,(H,36,44)(H,39,43)/t23-,27-,28+,29+/m1/s1. The van der Waals surface area contributed by atoms with Gasteiger partial charge in [-0.05, 0) is 56.2 Å². The summed E-state index contributed by atoms with van der Waals surface area (Å²) in [5, 5.41) is 13.5. The smallest absolute Gasteiger partial charge is 0.257 e. The average Bonchev–Trinajstić information content (AvgIpc) is 3.37. The molecule has 0 radical (unpaired) electrons. The summed E-state index contributed by atoms with van der Waals surface area (Å²) in [4.78, 5) is 57.8. The molecule has 3 N–H and O–H groups in total. The van der Waals surface area contributed by atoms with Crippen LogP contribution in [0.4, 0.5) is 0 Å². The van der Waals surface area contributed by atoms with E-state index in [4.69, 9.17) is 4.74 Å². The Kier molecular flexibility index (Phi) is 9.44. The SMILES string of the molecule is CNC(=O)[C@@H](NC(=O)[C@@H]1CN(C(=O)c2cnn(CC3CCNCC3)c2)CC12CN(C(=O)[C@H]1CC1(C)C)C2)[C@@H](C)OCc1ccccc1. The number of hydrogen-bond acceptors (Lipinski definition) is 7. The first-order valence-corrected chi connectivity index (χ1v) is 17.0. The van der Waals surface area contributed by atoms with Gasteiger partial charge in [-0.2, -0.15) is 5.10 Å². The number of carbonyl (C=O) groups excluding carboxylic acids is 4. The topological polar surface area (TPSA) is 138 Å². The molecule has 4 aliphatic rings. The van der Waals surface area contributed by atoms with Crippen LogP contribution in [0.3, 0.4) is 0 Å². The molecule has 1 aromatic carbocycles. The Morgan fingerprint density at radius 1 is 1.04 bits per heavy atom. The third kappa shape index (κ3) is 7.08. The molecule has 47 heavy (non-hydrogen) atoms. The van der Waals surface area contributed by atoms with Crippen LogP contribution >= 0.6 is 0 Å². The van der Waals surface area contributed by atoms with Crippen molar-refractivity contribution in [3.05, 3.63) is 53.9 Å². The first-order chi connectivity index (χ1) is 22.5. The molecule has 2 aromatic rings. The predicted octanol–water partition coefficient (Wildman–Crippen LogP) is 1.67. The van der Waals surface area contributed by atoms with E-state index >= 15 is 0 Å². The normalized spacial score (nSPS) is 24.3. The van der Waals surface area contributed by atoms with Gasteiger partial charge in [-0.1, -0.05) is 44.2 Å². The van der Waals surface area contributed by atoms with Crippen LogP contribution in [0, 0.1) is 28.6 Å². The zero-order valence-electron chi connectivity index (χ0n) is 28.0. The first kappa shape index (κ1) is 33.1. The molecule has 0 unspecified atom stereocenters. The second kappa shape index (κ2) is 13.4. The molecule has 4 heterocycles. The Labute approximate surface area is 276 Å². The number of likely N-dealkylation sites (N-methyl/N-ethyl adjacent to an activating group) is 1. The van der Waals surface area contributed by atoms with E-state index in [1.165, 1.54) is 7.05 Å². The fraction of sp³-hybridized carbons (Fsp3) is 0.629. The van der Waals surface area contributed by atoms with E-state index in [-0.39, 0.29) is 41.5 Å². The van der Waals surface area contributed by atoms with Gasteiger partial charge in [0.2, 0.25) is 17.7 Å². The quantitative estimate of drug-likeness (QED) is 0.338. The van der Waals surface area contributed by atoms with Gasteiger partial charge in [0, 0.05) is 57.3 Å². The minimum Gasteiger partial charge on any atom is -0.371 e. The predicted molar refractivity (Wildman–Crippen MR) is 175 cm³/mol. The van der Waals surface area contributed by atoms with Crippen molar-refractivity contribution in [2.24, 2.45) is 28.6 Å². The lowest BCUT2D eigenvalue weighted by Gasteiger charge is -2.50. The van der Waals surface area contributed by atoms with Crippen LogP contribution < -0.4 is 16.0 Å². The highest BCUT2D eigenvalue weighted by Crippen LogP contribution is 2.54. The summed E-state index contributed by atoms with van der Waals surface area (Å²) < 4.78 is 7.89. The molecule has 6 rings (SSSR count). The van der Waals surface area contributed by atoms with Crippen LogP contribution in [0.5, 0.6) is 0 Å². The number of nitrogens with one attached hydrogen (secondary N) is 3. The Hall–Kier alpha value is -3.77. The molecule has 0 bridgehead atoms. The maximum Gasteiger partial charge on any atom is 0.257 e. The largest absolute Gasteiger partial charge is 0.371 e. The molecule has 1 spiro atoms. The molecule has 3 saturated heterocycles. The van der Waals surface area contributed by atoms with Gasteiger partial charge in [0.15, 0.2) is 0 Å². The fourth-order valence-corrected chi connectivity index (χ4v) is 7.57. The maximum atomic E-state index is 14.1. The van der Waals surface area contributed by atoms with Crippen LogP contribution in [0.1, 0.15) is 56.0 Å². The van der Waals surface area contributed by atoms with E-state index in [0.29, 0.717) is 37.7 Å². The van der Waals surface area contributed by atoms with Gasteiger partial charge in [0.05, 0.1) is 30.4 Å². The van der Waals surface area contributed by atoms with E-state index in [2.05, 4.69) is 34.9 Å². The van der Waals surface area contributed by atoms with Gasteiger partial charge in [-0.15, -0.1) is 0 Å². The molecule has 12 heteroatoms. The summed E-state index contributed by atoms with van der Waals surface area (Å²) in [6.07, 6.45) is 5.83. The number of likely N-dealkylation sites (tertiary alicyclic amines) is 2. The molecule has 4 atom stereocenters. The molecule has 1 aliphatic carbocycles. The average molecular weight is 648 g/mol. The van der Waals surface area contributed by atoms with Gasteiger partial charge < -0.3 is 30.5 Å². The number of piperidine rings is 1. The Morgan fingerprint density at radius 2 is 1.72 bits per heavy atom. The van der Waals surface area contributed by atoms with Crippen molar-refractivity contribution in [2.45, 2.75) is 65.3 Å². The minimum atomic E-state index is -0.934. The van der Waals surface area contributed by atoms with E-state index in [1.807, 2.05) is 46.1 Å². The number of rotatable bonds is 11. The summed E-state index contributed by atoms with van der Waals surface area (Å²) in [7, 11) is 1.53. The van der Waals surface area contributed by atoms with Crippen LogP contribution in [-0.2, 0) is 32.3 Å². The van der Waals surface area contributed by atoms with Crippen LogP contribution in [0.15, 0.2) is 42.7 Å². The summed E-state index contributed by atoms with van der Waals surface area (Å²) in [6.45, 7) is 10.4.